The zero-order chi connectivity index (χ0) is 9.14. The first-order valence-corrected chi connectivity index (χ1v) is 3.52. The molecule has 0 saturated heterocycles. The maximum atomic E-state index is 12.7. The van der Waals surface area contributed by atoms with Gasteiger partial charge in [-0.25, -0.2) is 10.3 Å². The smallest absolute Gasteiger partial charge is 0.165 e. The molecule has 0 heterocycles. The number of phenolic OH excluding ortho intramolecular Hbond substituents is 1. The second-order valence-electron chi connectivity index (χ2n) is 2.17. The minimum Gasteiger partial charge on any atom is -0.505 e. The Kier molecular flexibility index (Phi) is 2.86. The molecule has 12 heavy (non-hydrogen) atoms. The fourth-order valence-electron chi connectivity index (χ4n) is 0.804. The molecular formula is C7H7ClFNO2. The summed E-state index contributed by atoms with van der Waals surface area (Å²) in [4.78, 5) is 4.23. The fourth-order valence-corrected chi connectivity index (χ4v) is 1.01. The molecule has 1 aromatic rings. The Morgan fingerprint density at radius 2 is 2.25 bits per heavy atom. The Balaban J connectivity index is 3.14. The van der Waals surface area contributed by atoms with Crippen molar-refractivity contribution in [2.75, 3.05) is 0 Å². The number of halogens is 2. The van der Waals surface area contributed by atoms with Crippen molar-refractivity contribution in [1.29, 1.82) is 0 Å². The Morgan fingerprint density at radius 1 is 1.58 bits per heavy atom. The maximum Gasteiger partial charge on any atom is 0.165 e. The molecule has 0 atom stereocenters. The first-order chi connectivity index (χ1) is 5.66. The molecule has 1 rings (SSSR count). The lowest BCUT2D eigenvalue weighted by Crippen LogP contribution is -2.00. The molecule has 0 spiro atoms. The number of phenols is 1. The zero-order valence-corrected chi connectivity index (χ0v) is 6.81. The number of hydrogen-bond donors (Lipinski definition) is 2. The highest BCUT2D eigenvalue weighted by Gasteiger charge is 2.10. The number of benzene rings is 1. The van der Waals surface area contributed by atoms with E-state index in [-0.39, 0.29) is 17.2 Å². The Bertz CT molecular complexity index is 293. The van der Waals surface area contributed by atoms with Crippen molar-refractivity contribution in [3.63, 3.8) is 0 Å². The van der Waals surface area contributed by atoms with Gasteiger partial charge in [0.25, 0.3) is 0 Å². The van der Waals surface area contributed by atoms with E-state index in [0.29, 0.717) is 0 Å². The molecule has 0 radical (unpaired) electrons. The highest BCUT2D eigenvalue weighted by atomic mass is 35.5. The highest BCUT2D eigenvalue weighted by molar-refractivity contribution is 6.31. The van der Waals surface area contributed by atoms with E-state index >= 15 is 0 Å². The minimum absolute atomic E-state index is 0.123. The van der Waals surface area contributed by atoms with Gasteiger partial charge in [0.1, 0.15) is 0 Å². The van der Waals surface area contributed by atoms with Crippen molar-refractivity contribution < 1.29 is 14.3 Å². The lowest BCUT2D eigenvalue weighted by atomic mass is 10.2. The van der Waals surface area contributed by atoms with Crippen LogP contribution in [0.15, 0.2) is 12.1 Å². The summed E-state index contributed by atoms with van der Waals surface area (Å²) in [6, 6.07) is 2.39. The van der Waals surface area contributed by atoms with Gasteiger partial charge in [-0.2, -0.15) is 0 Å². The number of hydrogen-bond acceptors (Lipinski definition) is 3. The van der Waals surface area contributed by atoms with Crippen LogP contribution in [0.4, 0.5) is 4.39 Å². The molecule has 0 aliphatic carbocycles. The molecule has 0 bridgehead atoms. The predicted octanol–water partition coefficient (Wildman–Crippen LogP) is 1.57. The summed E-state index contributed by atoms with van der Waals surface area (Å²) >= 11 is 5.62. The summed E-state index contributed by atoms with van der Waals surface area (Å²) in [7, 11) is 0. The molecule has 66 valence electrons. The van der Waals surface area contributed by atoms with Gasteiger partial charge < -0.3 is 5.11 Å². The number of nitrogens with two attached hydrogens (primary N) is 1. The molecule has 3 nitrogen and oxygen atoms in total. The average molecular weight is 192 g/mol. The molecule has 0 amide bonds. The van der Waals surface area contributed by atoms with E-state index in [1.807, 2.05) is 0 Å². The van der Waals surface area contributed by atoms with Crippen molar-refractivity contribution in [3.8, 4) is 5.75 Å². The second kappa shape index (κ2) is 3.71. The lowest BCUT2D eigenvalue weighted by Gasteiger charge is -2.05. The van der Waals surface area contributed by atoms with Gasteiger partial charge in [0.05, 0.1) is 11.6 Å². The third-order valence-corrected chi connectivity index (χ3v) is 1.76. The van der Waals surface area contributed by atoms with Gasteiger partial charge in [-0.3, -0.25) is 4.84 Å². The van der Waals surface area contributed by atoms with Crippen molar-refractivity contribution >= 4 is 11.6 Å². The molecule has 0 aromatic heterocycles. The summed E-state index contributed by atoms with van der Waals surface area (Å²) in [5, 5.41) is 9.34. The van der Waals surface area contributed by atoms with Gasteiger partial charge in [0.15, 0.2) is 11.6 Å². The van der Waals surface area contributed by atoms with E-state index in [4.69, 9.17) is 22.6 Å². The van der Waals surface area contributed by atoms with Crippen LogP contribution in [0, 0.1) is 5.82 Å². The molecule has 0 unspecified atom stereocenters. The van der Waals surface area contributed by atoms with Crippen LogP contribution in [0.1, 0.15) is 5.56 Å². The van der Waals surface area contributed by atoms with Gasteiger partial charge in [-0.1, -0.05) is 11.6 Å². The Hall–Kier alpha value is -0.840. The first-order valence-electron chi connectivity index (χ1n) is 3.14. The number of aromatic hydroxyl groups is 1. The summed E-state index contributed by atoms with van der Waals surface area (Å²) in [5.41, 5.74) is 0.152. The van der Waals surface area contributed by atoms with Crippen LogP contribution in [0.2, 0.25) is 5.02 Å². The van der Waals surface area contributed by atoms with E-state index in [0.717, 1.165) is 6.07 Å². The summed E-state index contributed by atoms with van der Waals surface area (Å²) < 4.78 is 12.7. The molecule has 1 aromatic carbocycles. The van der Waals surface area contributed by atoms with E-state index in [2.05, 4.69) is 4.84 Å². The third kappa shape index (κ3) is 1.66. The van der Waals surface area contributed by atoms with Crippen molar-refractivity contribution in [2.45, 2.75) is 6.61 Å². The van der Waals surface area contributed by atoms with Crippen LogP contribution in [-0.4, -0.2) is 5.11 Å². The van der Waals surface area contributed by atoms with Gasteiger partial charge in [-0.15, -0.1) is 0 Å². The second-order valence-corrected chi connectivity index (χ2v) is 2.57. The van der Waals surface area contributed by atoms with Crippen LogP contribution < -0.4 is 5.90 Å². The zero-order valence-electron chi connectivity index (χ0n) is 6.05. The summed E-state index contributed by atoms with van der Waals surface area (Å²) in [6.45, 7) is -0.123. The Labute approximate surface area is 73.5 Å². The molecular weight excluding hydrogens is 185 g/mol. The van der Waals surface area contributed by atoms with Gasteiger partial charge in [0, 0.05) is 5.56 Å². The monoisotopic (exact) mass is 191 g/mol. The van der Waals surface area contributed by atoms with Gasteiger partial charge >= 0.3 is 0 Å². The highest BCUT2D eigenvalue weighted by Crippen LogP contribution is 2.28. The van der Waals surface area contributed by atoms with Crippen LogP contribution in [0.5, 0.6) is 5.75 Å². The molecule has 0 aliphatic heterocycles. The predicted molar refractivity (Wildman–Crippen MR) is 42.1 cm³/mol. The molecule has 0 aliphatic rings. The number of rotatable bonds is 2. The van der Waals surface area contributed by atoms with Crippen molar-refractivity contribution in [2.24, 2.45) is 5.90 Å². The summed E-state index contributed by atoms with van der Waals surface area (Å²) in [6.07, 6.45) is 0. The normalized spacial score (nSPS) is 10.2. The van der Waals surface area contributed by atoms with Crippen LogP contribution in [0.25, 0.3) is 0 Å². The van der Waals surface area contributed by atoms with Crippen LogP contribution in [-0.2, 0) is 11.4 Å². The Morgan fingerprint density at radius 3 is 2.83 bits per heavy atom. The quantitative estimate of drug-likeness (QED) is 0.698. The van der Waals surface area contributed by atoms with E-state index in [1.165, 1.54) is 6.07 Å². The van der Waals surface area contributed by atoms with E-state index in [9.17, 15) is 4.39 Å². The topological polar surface area (TPSA) is 55.5 Å². The van der Waals surface area contributed by atoms with Crippen molar-refractivity contribution in [1.82, 2.24) is 0 Å². The SMILES string of the molecule is NOCc1c(Cl)ccc(F)c1O. The standard InChI is InChI=1S/C7H7ClFNO2/c8-5-1-2-6(9)7(11)4(5)3-12-10/h1-2,11H,3,10H2. The fraction of sp³-hybridized carbons (Fsp3) is 0.143. The average Bonchev–Trinajstić information content (AvgIpc) is 2.06. The summed E-state index contributed by atoms with van der Waals surface area (Å²) in [5.74, 6) is 3.49. The molecule has 3 N–H and O–H groups in total. The van der Waals surface area contributed by atoms with Crippen LogP contribution in [0.3, 0.4) is 0 Å². The maximum absolute atomic E-state index is 12.7. The first kappa shape index (κ1) is 9.25. The lowest BCUT2D eigenvalue weighted by molar-refractivity contribution is 0.122. The van der Waals surface area contributed by atoms with E-state index < -0.39 is 11.6 Å². The minimum atomic E-state index is -0.744. The largest absolute Gasteiger partial charge is 0.505 e. The molecule has 0 saturated carbocycles. The van der Waals surface area contributed by atoms with Crippen molar-refractivity contribution in [3.05, 3.63) is 28.5 Å². The van der Waals surface area contributed by atoms with Crippen LogP contribution >= 0.6 is 11.6 Å². The molecule has 0 fully saturated rings. The van der Waals surface area contributed by atoms with Gasteiger partial charge in [-0.05, 0) is 12.1 Å². The van der Waals surface area contributed by atoms with Gasteiger partial charge in [0.2, 0.25) is 0 Å². The van der Waals surface area contributed by atoms with E-state index in [1.54, 1.807) is 0 Å². The molecule has 5 heteroatoms. The third-order valence-electron chi connectivity index (χ3n) is 1.40.